The summed E-state index contributed by atoms with van der Waals surface area (Å²) in [6.07, 6.45) is -10.7. The topological polar surface area (TPSA) is 53.1 Å². The van der Waals surface area contributed by atoms with Crippen LogP contribution in [0.25, 0.3) is 0 Å². The van der Waals surface area contributed by atoms with Gasteiger partial charge in [-0.2, -0.15) is 26.3 Å². The lowest BCUT2D eigenvalue weighted by Crippen LogP contribution is -2.55. The molecule has 2 amide bonds. The van der Waals surface area contributed by atoms with E-state index in [9.17, 15) is 35.9 Å². The molecule has 1 saturated heterocycles. The highest BCUT2D eigenvalue weighted by atomic mass is 19.4. The summed E-state index contributed by atoms with van der Waals surface area (Å²) in [6.45, 7) is 6.62. The van der Waals surface area contributed by atoms with Crippen LogP contribution < -0.4 is 4.90 Å². The Morgan fingerprint density at radius 1 is 0.971 bits per heavy atom. The molecular weight excluding hydrogens is 468 g/mol. The highest BCUT2D eigenvalue weighted by Crippen LogP contribution is 2.40. The van der Waals surface area contributed by atoms with Gasteiger partial charge in [0, 0.05) is 44.5 Å². The molecule has 0 spiro atoms. The lowest BCUT2D eigenvalue weighted by atomic mass is 9.91. The fourth-order valence-corrected chi connectivity index (χ4v) is 4.34. The number of carbonyl (C=O) groups is 2. The van der Waals surface area contributed by atoms with Gasteiger partial charge in [0.15, 0.2) is 0 Å². The molecule has 190 valence electrons. The second-order valence-electron chi connectivity index (χ2n) is 9.53. The molecule has 6 nitrogen and oxygen atoms in total. The van der Waals surface area contributed by atoms with E-state index in [0.29, 0.717) is 10.6 Å². The lowest BCUT2D eigenvalue weighted by molar-refractivity contribution is -0.186. The average molecular weight is 495 g/mol. The van der Waals surface area contributed by atoms with Gasteiger partial charge >= 0.3 is 24.4 Å². The number of piperazine rings is 1. The first kappa shape index (κ1) is 26.0. The van der Waals surface area contributed by atoms with E-state index in [0.717, 1.165) is 6.07 Å². The normalized spacial score (nSPS) is 19.7. The van der Waals surface area contributed by atoms with Crippen LogP contribution in [-0.2, 0) is 28.7 Å². The number of alkyl halides is 6. The van der Waals surface area contributed by atoms with Crippen LogP contribution in [0.15, 0.2) is 12.1 Å². The molecule has 2 aliphatic heterocycles. The maximum atomic E-state index is 13.6. The van der Waals surface area contributed by atoms with E-state index in [1.54, 1.807) is 32.6 Å². The molecule has 3 rings (SSSR count). The number of hydrogen-bond acceptors (Lipinski definition) is 4. The Bertz CT molecular complexity index is 955. The highest BCUT2D eigenvalue weighted by molar-refractivity contribution is 5.82. The first-order valence-electron chi connectivity index (χ1n) is 10.8. The molecule has 0 saturated carbocycles. The van der Waals surface area contributed by atoms with Crippen molar-refractivity contribution in [2.45, 2.75) is 64.7 Å². The predicted octanol–water partition coefficient (Wildman–Crippen LogP) is 4.60. The number of fused-ring (bicyclic) bond motifs is 1. The maximum absolute atomic E-state index is 13.6. The number of benzene rings is 1. The Hall–Kier alpha value is -2.66. The predicted molar refractivity (Wildman–Crippen MR) is 111 cm³/mol. The molecule has 1 atom stereocenters. The number of carbonyl (C=O) groups excluding carboxylic acids is 2. The lowest BCUT2D eigenvalue weighted by Gasteiger charge is -2.43. The standard InChI is InChI=1S/C22H27F6N3O3/c1-13-11-29(9-10-31(13)19(33)34-20(2,3)4)17-6-5-16(21(23,24)25)14-7-8-30(12-15(14)17)18(32)22(26,27)28/h5-6,13H,7-12H2,1-4H3. The molecule has 1 unspecified atom stereocenters. The van der Waals surface area contributed by atoms with E-state index in [1.807, 2.05) is 0 Å². The van der Waals surface area contributed by atoms with Crippen LogP contribution in [0.3, 0.4) is 0 Å². The Balaban J connectivity index is 1.91. The van der Waals surface area contributed by atoms with Crippen LogP contribution in [-0.4, -0.2) is 65.8 Å². The Labute approximate surface area is 193 Å². The second kappa shape index (κ2) is 8.84. The molecule has 0 aromatic heterocycles. The van der Waals surface area contributed by atoms with Crippen LogP contribution in [0.5, 0.6) is 0 Å². The van der Waals surface area contributed by atoms with Gasteiger partial charge in [-0.25, -0.2) is 4.79 Å². The Morgan fingerprint density at radius 3 is 2.15 bits per heavy atom. The van der Waals surface area contributed by atoms with Gasteiger partial charge in [0.05, 0.1) is 5.56 Å². The largest absolute Gasteiger partial charge is 0.471 e. The summed E-state index contributed by atoms with van der Waals surface area (Å²) in [5.41, 5.74) is -1.33. The molecule has 1 aromatic rings. The summed E-state index contributed by atoms with van der Waals surface area (Å²) in [6, 6.07) is 1.80. The molecule has 0 aliphatic carbocycles. The van der Waals surface area contributed by atoms with Gasteiger partial charge in [0.25, 0.3) is 0 Å². The third kappa shape index (κ3) is 5.52. The van der Waals surface area contributed by atoms with Crippen LogP contribution in [0.1, 0.15) is 44.4 Å². The molecule has 0 radical (unpaired) electrons. The van der Waals surface area contributed by atoms with Crippen molar-refractivity contribution in [1.82, 2.24) is 9.80 Å². The molecule has 12 heteroatoms. The number of amides is 2. The molecule has 1 aromatic carbocycles. The monoisotopic (exact) mass is 495 g/mol. The smallest absolute Gasteiger partial charge is 0.444 e. The number of nitrogens with zero attached hydrogens (tertiary/aromatic N) is 3. The minimum Gasteiger partial charge on any atom is -0.444 e. The van der Waals surface area contributed by atoms with E-state index in [-0.39, 0.29) is 43.2 Å². The minimum atomic E-state index is -5.12. The molecular formula is C22H27F6N3O3. The third-order valence-electron chi connectivity index (χ3n) is 5.82. The van der Waals surface area contributed by atoms with Crippen molar-refractivity contribution in [1.29, 1.82) is 0 Å². The van der Waals surface area contributed by atoms with Gasteiger partial charge in [-0.05, 0) is 57.4 Å². The van der Waals surface area contributed by atoms with Crippen molar-refractivity contribution < 1.29 is 40.7 Å². The van der Waals surface area contributed by atoms with Crippen molar-refractivity contribution in [3.05, 3.63) is 28.8 Å². The van der Waals surface area contributed by atoms with Gasteiger partial charge in [0.1, 0.15) is 5.60 Å². The van der Waals surface area contributed by atoms with Gasteiger partial charge in [-0.3, -0.25) is 4.79 Å². The van der Waals surface area contributed by atoms with Crippen LogP contribution in [0.2, 0.25) is 0 Å². The number of ether oxygens (including phenoxy) is 1. The van der Waals surface area contributed by atoms with Crippen LogP contribution in [0.4, 0.5) is 36.8 Å². The van der Waals surface area contributed by atoms with Crippen molar-refractivity contribution in [2.75, 3.05) is 31.1 Å². The molecule has 0 bridgehead atoms. The van der Waals surface area contributed by atoms with Crippen molar-refractivity contribution in [3.8, 4) is 0 Å². The zero-order valence-corrected chi connectivity index (χ0v) is 19.3. The zero-order valence-electron chi connectivity index (χ0n) is 19.3. The number of rotatable bonds is 1. The number of anilines is 1. The minimum absolute atomic E-state index is 0.0524. The maximum Gasteiger partial charge on any atom is 0.471 e. The number of hydrogen-bond donors (Lipinski definition) is 0. The Kier molecular flexibility index (Phi) is 6.75. The van der Waals surface area contributed by atoms with E-state index < -0.39 is 48.6 Å². The fourth-order valence-electron chi connectivity index (χ4n) is 4.34. The Morgan fingerprint density at radius 2 is 1.62 bits per heavy atom. The van der Waals surface area contributed by atoms with E-state index >= 15 is 0 Å². The molecule has 2 aliphatic rings. The quantitative estimate of drug-likeness (QED) is 0.535. The van der Waals surface area contributed by atoms with E-state index in [1.165, 1.54) is 11.0 Å². The van der Waals surface area contributed by atoms with Crippen molar-refractivity contribution in [3.63, 3.8) is 0 Å². The van der Waals surface area contributed by atoms with Crippen LogP contribution >= 0.6 is 0 Å². The summed E-state index contributed by atoms with van der Waals surface area (Å²) >= 11 is 0. The van der Waals surface area contributed by atoms with E-state index in [2.05, 4.69) is 0 Å². The highest BCUT2D eigenvalue weighted by Gasteiger charge is 2.45. The molecule has 2 heterocycles. The first-order chi connectivity index (χ1) is 15.5. The van der Waals surface area contributed by atoms with Gasteiger partial charge in [-0.15, -0.1) is 0 Å². The molecule has 34 heavy (non-hydrogen) atoms. The van der Waals surface area contributed by atoms with Crippen molar-refractivity contribution >= 4 is 17.7 Å². The van der Waals surface area contributed by atoms with Crippen molar-refractivity contribution in [2.24, 2.45) is 0 Å². The first-order valence-corrected chi connectivity index (χ1v) is 10.8. The number of halogens is 6. The summed E-state index contributed by atoms with van der Waals surface area (Å²) in [5, 5.41) is 0. The summed E-state index contributed by atoms with van der Waals surface area (Å²) < 4.78 is 85.2. The fraction of sp³-hybridized carbons (Fsp3) is 0.636. The third-order valence-corrected chi connectivity index (χ3v) is 5.82. The SMILES string of the molecule is CC1CN(c2ccc(C(F)(F)F)c3c2CN(C(=O)C(F)(F)F)CC3)CCN1C(=O)OC(C)(C)C. The van der Waals surface area contributed by atoms with Gasteiger partial charge < -0.3 is 19.4 Å². The zero-order chi connectivity index (χ0) is 25.6. The summed E-state index contributed by atoms with van der Waals surface area (Å²) in [4.78, 5) is 28.1. The summed E-state index contributed by atoms with van der Waals surface area (Å²) in [7, 11) is 0. The van der Waals surface area contributed by atoms with Gasteiger partial charge in [0.2, 0.25) is 0 Å². The van der Waals surface area contributed by atoms with Gasteiger partial charge in [-0.1, -0.05) is 0 Å². The summed E-state index contributed by atoms with van der Waals surface area (Å²) in [5.74, 6) is -2.08. The van der Waals surface area contributed by atoms with Crippen LogP contribution in [0, 0.1) is 0 Å². The van der Waals surface area contributed by atoms with E-state index in [4.69, 9.17) is 4.74 Å². The average Bonchev–Trinajstić information content (AvgIpc) is 2.69. The molecule has 0 N–H and O–H groups in total. The molecule has 1 fully saturated rings. The second-order valence-corrected chi connectivity index (χ2v) is 9.53.